The number of anilines is 1. The van der Waals surface area contributed by atoms with E-state index in [1.807, 2.05) is 11.8 Å². The lowest BCUT2D eigenvalue weighted by molar-refractivity contribution is -0.384. The molecule has 0 spiro atoms. The van der Waals surface area contributed by atoms with Crippen LogP contribution in [0.25, 0.3) is 0 Å². The van der Waals surface area contributed by atoms with E-state index in [1.165, 1.54) is 6.07 Å². The average molecular weight is 291 g/mol. The molecule has 2 atom stereocenters. The van der Waals surface area contributed by atoms with Crippen LogP contribution in [0.2, 0.25) is 0 Å². The third kappa shape index (κ3) is 2.84. The highest BCUT2D eigenvalue weighted by molar-refractivity contribution is 5.96. The lowest BCUT2D eigenvalue weighted by Crippen LogP contribution is -2.39. The SMILES string of the molecule is CCC1CCC(C)N1C(=O)c1ccc(NC)c([N+](=O)[O-])c1. The van der Waals surface area contributed by atoms with Gasteiger partial charge in [0.05, 0.1) is 4.92 Å². The van der Waals surface area contributed by atoms with Gasteiger partial charge in [0.25, 0.3) is 11.6 Å². The van der Waals surface area contributed by atoms with E-state index < -0.39 is 4.92 Å². The Hall–Kier alpha value is -2.11. The predicted molar refractivity (Wildman–Crippen MR) is 81.6 cm³/mol. The van der Waals surface area contributed by atoms with Crippen molar-refractivity contribution in [3.05, 3.63) is 33.9 Å². The Bertz CT molecular complexity index is 559. The Morgan fingerprint density at radius 3 is 2.76 bits per heavy atom. The van der Waals surface area contributed by atoms with Crippen molar-refractivity contribution >= 4 is 17.3 Å². The van der Waals surface area contributed by atoms with Crippen molar-refractivity contribution in [2.24, 2.45) is 0 Å². The Morgan fingerprint density at radius 1 is 1.48 bits per heavy atom. The fraction of sp³-hybridized carbons (Fsp3) is 0.533. The standard InChI is InChI=1S/C15H21N3O3/c1-4-12-7-5-10(2)17(12)15(19)11-6-8-13(16-3)14(9-11)18(20)21/h6,8-10,12,16H,4-5,7H2,1-3H3. The molecular formula is C15H21N3O3. The van der Waals surface area contributed by atoms with E-state index in [9.17, 15) is 14.9 Å². The Kier molecular flexibility index (Phi) is 4.45. The van der Waals surface area contributed by atoms with E-state index >= 15 is 0 Å². The van der Waals surface area contributed by atoms with E-state index in [-0.39, 0.29) is 23.7 Å². The minimum absolute atomic E-state index is 0.0664. The summed E-state index contributed by atoms with van der Waals surface area (Å²) in [4.78, 5) is 25.2. The van der Waals surface area contributed by atoms with Gasteiger partial charge in [-0.2, -0.15) is 0 Å². The summed E-state index contributed by atoms with van der Waals surface area (Å²) in [5, 5.41) is 13.9. The molecule has 1 saturated heterocycles. The van der Waals surface area contributed by atoms with Gasteiger partial charge in [-0.15, -0.1) is 0 Å². The molecule has 0 radical (unpaired) electrons. The van der Waals surface area contributed by atoms with Gasteiger partial charge in [0.1, 0.15) is 5.69 Å². The maximum Gasteiger partial charge on any atom is 0.293 e. The van der Waals surface area contributed by atoms with Crippen LogP contribution in [0.3, 0.4) is 0 Å². The van der Waals surface area contributed by atoms with E-state index in [0.29, 0.717) is 11.3 Å². The van der Waals surface area contributed by atoms with Crippen LogP contribution in [0.4, 0.5) is 11.4 Å². The number of amides is 1. The number of carbonyl (C=O) groups is 1. The first kappa shape index (κ1) is 15.3. The third-order valence-corrected chi connectivity index (χ3v) is 4.20. The molecule has 1 aromatic rings. The number of nitrogens with zero attached hydrogens (tertiary/aromatic N) is 2. The number of carbonyl (C=O) groups excluding carboxylic acids is 1. The van der Waals surface area contributed by atoms with Crippen molar-refractivity contribution in [3.63, 3.8) is 0 Å². The number of rotatable bonds is 4. The van der Waals surface area contributed by atoms with Crippen LogP contribution in [0, 0.1) is 10.1 Å². The minimum atomic E-state index is -0.465. The minimum Gasteiger partial charge on any atom is -0.383 e. The molecule has 0 aliphatic carbocycles. The number of hydrogen-bond acceptors (Lipinski definition) is 4. The summed E-state index contributed by atoms with van der Waals surface area (Å²) in [5.74, 6) is -0.113. The summed E-state index contributed by atoms with van der Waals surface area (Å²) < 4.78 is 0. The van der Waals surface area contributed by atoms with Gasteiger partial charge < -0.3 is 10.2 Å². The fourth-order valence-corrected chi connectivity index (χ4v) is 3.01. The quantitative estimate of drug-likeness (QED) is 0.683. The third-order valence-electron chi connectivity index (χ3n) is 4.20. The largest absolute Gasteiger partial charge is 0.383 e. The van der Waals surface area contributed by atoms with Gasteiger partial charge in [-0.25, -0.2) is 0 Å². The number of nitrogens with one attached hydrogen (secondary N) is 1. The molecule has 1 fully saturated rings. The fourth-order valence-electron chi connectivity index (χ4n) is 3.01. The molecule has 1 aromatic carbocycles. The molecule has 0 saturated carbocycles. The summed E-state index contributed by atoms with van der Waals surface area (Å²) in [6.07, 6.45) is 2.90. The van der Waals surface area contributed by atoms with Gasteiger partial charge in [0.2, 0.25) is 0 Å². The summed E-state index contributed by atoms with van der Waals surface area (Å²) in [7, 11) is 1.62. The molecule has 21 heavy (non-hydrogen) atoms. The van der Waals surface area contributed by atoms with Crippen molar-refractivity contribution in [3.8, 4) is 0 Å². The molecule has 6 nitrogen and oxygen atoms in total. The molecular weight excluding hydrogens is 270 g/mol. The summed E-state index contributed by atoms with van der Waals surface area (Å²) in [6, 6.07) is 5.03. The first-order valence-electron chi connectivity index (χ1n) is 7.28. The number of nitro groups is 1. The van der Waals surface area contributed by atoms with Crippen LogP contribution in [0.5, 0.6) is 0 Å². The lowest BCUT2D eigenvalue weighted by atomic mass is 10.1. The van der Waals surface area contributed by atoms with Crippen LogP contribution in [-0.2, 0) is 0 Å². The predicted octanol–water partition coefficient (Wildman–Crippen LogP) is 3.04. The Balaban J connectivity index is 2.35. The molecule has 0 bridgehead atoms. The van der Waals surface area contributed by atoms with E-state index in [0.717, 1.165) is 19.3 Å². The summed E-state index contributed by atoms with van der Waals surface area (Å²) in [5.41, 5.74) is 0.731. The highest BCUT2D eigenvalue weighted by atomic mass is 16.6. The van der Waals surface area contributed by atoms with Gasteiger partial charge in [-0.3, -0.25) is 14.9 Å². The maximum atomic E-state index is 12.7. The van der Waals surface area contributed by atoms with Gasteiger partial charge in [0, 0.05) is 30.8 Å². The zero-order valence-corrected chi connectivity index (χ0v) is 12.6. The number of benzene rings is 1. The smallest absolute Gasteiger partial charge is 0.293 e. The average Bonchev–Trinajstić information content (AvgIpc) is 2.86. The van der Waals surface area contributed by atoms with E-state index in [2.05, 4.69) is 12.2 Å². The monoisotopic (exact) mass is 291 g/mol. The lowest BCUT2D eigenvalue weighted by Gasteiger charge is -2.28. The summed E-state index contributed by atoms with van der Waals surface area (Å²) >= 11 is 0. The van der Waals surface area contributed by atoms with Crippen LogP contribution in [-0.4, -0.2) is 34.9 Å². The molecule has 1 heterocycles. The number of hydrogen-bond donors (Lipinski definition) is 1. The van der Waals surface area contributed by atoms with Crippen LogP contribution in [0.1, 0.15) is 43.5 Å². The Labute approximate surface area is 124 Å². The van der Waals surface area contributed by atoms with Crippen LogP contribution < -0.4 is 5.32 Å². The maximum absolute atomic E-state index is 12.7. The molecule has 6 heteroatoms. The molecule has 1 amide bonds. The van der Waals surface area contributed by atoms with Crippen LogP contribution in [0.15, 0.2) is 18.2 Å². The summed E-state index contributed by atoms with van der Waals surface area (Å²) in [6.45, 7) is 4.10. The second kappa shape index (κ2) is 6.11. The second-order valence-electron chi connectivity index (χ2n) is 5.44. The number of nitro benzene ring substituents is 1. The van der Waals surface area contributed by atoms with Gasteiger partial charge in [-0.05, 0) is 38.3 Å². The first-order valence-corrected chi connectivity index (χ1v) is 7.28. The molecule has 2 unspecified atom stereocenters. The van der Waals surface area contributed by atoms with Gasteiger partial charge >= 0.3 is 0 Å². The zero-order chi connectivity index (χ0) is 15.6. The first-order chi connectivity index (χ1) is 9.99. The van der Waals surface area contributed by atoms with Gasteiger partial charge in [0.15, 0.2) is 0 Å². The second-order valence-corrected chi connectivity index (χ2v) is 5.44. The molecule has 114 valence electrons. The van der Waals surface area contributed by atoms with E-state index in [1.54, 1.807) is 19.2 Å². The zero-order valence-electron chi connectivity index (χ0n) is 12.6. The van der Waals surface area contributed by atoms with Crippen molar-refractivity contribution in [1.82, 2.24) is 4.90 Å². The normalized spacial score (nSPS) is 21.4. The topological polar surface area (TPSA) is 75.5 Å². The molecule has 2 rings (SSSR count). The van der Waals surface area contributed by atoms with Crippen molar-refractivity contribution in [2.75, 3.05) is 12.4 Å². The molecule has 1 N–H and O–H groups in total. The Morgan fingerprint density at radius 2 is 2.19 bits per heavy atom. The highest BCUT2D eigenvalue weighted by Gasteiger charge is 2.34. The van der Waals surface area contributed by atoms with E-state index in [4.69, 9.17) is 0 Å². The van der Waals surface area contributed by atoms with Crippen molar-refractivity contribution in [1.29, 1.82) is 0 Å². The van der Waals surface area contributed by atoms with Crippen LogP contribution >= 0.6 is 0 Å². The van der Waals surface area contributed by atoms with Crippen molar-refractivity contribution < 1.29 is 9.72 Å². The highest BCUT2D eigenvalue weighted by Crippen LogP contribution is 2.30. The molecule has 1 aliphatic rings. The molecule has 1 aliphatic heterocycles. The number of likely N-dealkylation sites (tertiary alicyclic amines) is 1. The van der Waals surface area contributed by atoms with Crippen molar-refractivity contribution in [2.45, 2.75) is 45.2 Å². The van der Waals surface area contributed by atoms with Gasteiger partial charge in [-0.1, -0.05) is 6.92 Å². The molecule has 0 aromatic heterocycles.